The summed E-state index contributed by atoms with van der Waals surface area (Å²) in [5.74, 6) is -0.399. The third-order valence-electron chi connectivity index (χ3n) is 6.02. The van der Waals surface area contributed by atoms with Crippen molar-refractivity contribution in [1.29, 1.82) is 0 Å². The van der Waals surface area contributed by atoms with Gasteiger partial charge in [0.25, 0.3) is 0 Å². The molecule has 7 nitrogen and oxygen atoms in total. The summed E-state index contributed by atoms with van der Waals surface area (Å²) in [4.78, 5) is 28.1. The smallest absolute Gasteiger partial charge is 0.242 e. The van der Waals surface area contributed by atoms with E-state index in [1.54, 1.807) is 11.0 Å². The van der Waals surface area contributed by atoms with Crippen LogP contribution in [0.2, 0.25) is 10.0 Å². The number of sulfonamides is 1. The number of rotatable bonds is 14. The predicted molar refractivity (Wildman–Crippen MR) is 152 cm³/mol. The Balaban J connectivity index is 2.22. The number of amides is 2. The molecule has 2 aromatic rings. The lowest BCUT2D eigenvalue weighted by atomic mass is 10.1. The lowest BCUT2D eigenvalue weighted by Crippen LogP contribution is -2.49. The predicted octanol–water partition coefficient (Wildman–Crippen LogP) is 5.57. The fourth-order valence-electron chi connectivity index (χ4n) is 3.98. The zero-order valence-electron chi connectivity index (χ0n) is 22.0. The Bertz CT molecular complexity index is 1160. The molecular formula is C27H37Cl2N3O4S. The molecule has 2 amide bonds. The lowest BCUT2D eigenvalue weighted by Gasteiger charge is -2.31. The van der Waals surface area contributed by atoms with Crippen molar-refractivity contribution in [3.05, 3.63) is 63.6 Å². The van der Waals surface area contributed by atoms with Crippen molar-refractivity contribution in [2.24, 2.45) is 0 Å². The first-order valence-electron chi connectivity index (χ1n) is 12.5. The van der Waals surface area contributed by atoms with Crippen molar-refractivity contribution in [3.8, 4) is 0 Å². The molecule has 0 saturated carbocycles. The molecular weight excluding hydrogens is 533 g/mol. The number of anilines is 1. The van der Waals surface area contributed by atoms with Gasteiger partial charge in [-0.3, -0.25) is 13.9 Å². The summed E-state index contributed by atoms with van der Waals surface area (Å²) in [6.07, 6.45) is 3.67. The van der Waals surface area contributed by atoms with E-state index >= 15 is 0 Å². The number of aryl methyl sites for hydroxylation is 1. The van der Waals surface area contributed by atoms with Crippen molar-refractivity contribution in [1.82, 2.24) is 10.2 Å². The summed E-state index contributed by atoms with van der Waals surface area (Å²) in [5, 5.41) is 3.55. The van der Waals surface area contributed by atoms with Crippen LogP contribution in [0.3, 0.4) is 0 Å². The molecule has 0 aliphatic heterocycles. The highest BCUT2D eigenvalue weighted by molar-refractivity contribution is 7.92. The Morgan fingerprint density at radius 3 is 2.30 bits per heavy atom. The second-order valence-electron chi connectivity index (χ2n) is 9.11. The highest BCUT2D eigenvalue weighted by Gasteiger charge is 2.29. The normalized spacial score (nSPS) is 12.2. The fraction of sp³-hybridized carbons (Fsp3) is 0.481. The molecule has 0 fully saturated rings. The molecule has 37 heavy (non-hydrogen) atoms. The Hall–Kier alpha value is -2.29. The molecule has 2 aromatic carbocycles. The van der Waals surface area contributed by atoms with Crippen molar-refractivity contribution in [3.63, 3.8) is 0 Å². The van der Waals surface area contributed by atoms with E-state index in [-0.39, 0.29) is 48.5 Å². The van der Waals surface area contributed by atoms with E-state index in [2.05, 4.69) is 5.32 Å². The monoisotopic (exact) mass is 569 g/mol. The maximum absolute atomic E-state index is 13.5. The van der Waals surface area contributed by atoms with E-state index in [1.165, 1.54) is 12.1 Å². The molecule has 0 aliphatic carbocycles. The first kappa shape index (κ1) is 30.9. The first-order valence-corrected chi connectivity index (χ1v) is 15.1. The van der Waals surface area contributed by atoms with Crippen LogP contribution in [0.1, 0.15) is 57.1 Å². The molecule has 0 saturated heterocycles. The van der Waals surface area contributed by atoms with Crippen LogP contribution >= 0.6 is 23.2 Å². The topological polar surface area (TPSA) is 86.8 Å². The van der Waals surface area contributed by atoms with Gasteiger partial charge in [-0.1, -0.05) is 73.3 Å². The molecule has 10 heteroatoms. The number of hydrogen-bond acceptors (Lipinski definition) is 4. The summed E-state index contributed by atoms with van der Waals surface area (Å²) >= 11 is 12.3. The van der Waals surface area contributed by atoms with Gasteiger partial charge in [0.15, 0.2) is 0 Å². The Kier molecular flexibility index (Phi) is 12.2. The van der Waals surface area contributed by atoms with Gasteiger partial charge in [-0.2, -0.15) is 0 Å². The molecule has 0 aromatic heterocycles. The Labute approximate surface area is 231 Å². The molecule has 0 bridgehead atoms. The van der Waals surface area contributed by atoms with Crippen LogP contribution in [-0.4, -0.2) is 50.5 Å². The number of halogens is 2. The zero-order chi connectivity index (χ0) is 27.6. The van der Waals surface area contributed by atoms with E-state index in [0.717, 1.165) is 34.5 Å². The Morgan fingerprint density at radius 2 is 1.70 bits per heavy atom. The molecule has 0 radical (unpaired) electrons. The van der Waals surface area contributed by atoms with Gasteiger partial charge in [-0.15, -0.1) is 0 Å². The minimum absolute atomic E-state index is 0.0441. The minimum Gasteiger partial charge on any atom is -0.354 e. The molecule has 0 unspecified atom stereocenters. The standard InChI is InChI=1S/C27H37Cl2N3O4S/c1-5-7-16-30-27(34)24(6-2)31(19-21-12-10-20(3)11-13-21)26(33)9-8-17-32(37(4,35)36)25-18-22(28)14-15-23(25)29/h10-15,18,24H,5-9,16-17,19H2,1-4H3,(H,30,34)/t24-/m0/s1. The molecule has 0 aliphatic rings. The molecule has 2 rings (SSSR count). The van der Waals surface area contributed by atoms with E-state index in [0.29, 0.717) is 18.0 Å². The van der Waals surface area contributed by atoms with Crippen LogP contribution in [0, 0.1) is 6.92 Å². The van der Waals surface area contributed by atoms with Crippen LogP contribution in [-0.2, 0) is 26.2 Å². The van der Waals surface area contributed by atoms with E-state index < -0.39 is 16.1 Å². The van der Waals surface area contributed by atoms with Gasteiger partial charge in [0, 0.05) is 31.1 Å². The highest BCUT2D eigenvalue weighted by atomic mass is 35.5. The summed E-state index contributed by atoms with van der Waals surface area (Å²) in [5.41, 5.74) is 2.29. The van der Waals surface area contributed by atoms with Crippen LogP contribution in [0.5, 0.6) is 0 Å². The Morgan fingerprint density at radius 1 is 1.03 bits per heavy atom. The largest absolute Gasteiger partial charge is 0.354 e. The molecule has 0 spiro atoms. The summed E-state index contributed by atoms with van der Waals surface area (Å²) in [6, 6.07) is 11.8. The number of carbonyl (C=O) groups is 2. The maximum atomic E-state index is 13.5. The summed E-state index contributed by atoms with van der Waals surface area (Å²) in [6.45, 7) is 6.81. The molecule has 204 valence electrons. The minimum atomic E-state index is -3.67. The lowest BCUT2D eigenvalue weighted by molar-refractivity contribution is -0.141. The van der Waals surface area contributed by atoms with Crippen LogP contribution in [0.25, 0.3) is 0 Å². The van der Waals surface area contributed by atoms with Gasteiger partial charge in [0.1, 0.15) is 6.04 Å². The van der Waals surface area contributed by atoms with Gasteiger partial charge in [-0.05, 0) is 49.9 Å². The third kappa shape index (κ3) is 9.51. The van der Waals surface area contributed by atoms with E-state index in [9.17, 15) is 18.0 Å². The third-order valence-corrected chi connectivity index (χ3v) is 7.75. The first-order chi connectivity index (χ1) is 17.5. The SMILES string of the molecule is CCCCNC(=O)[C@H](CC)N(Cc1ccc(C)cc1)C(=O)CCCN(c1cc(Cl)ccc1Cl)S(C)(=O)=O. The van der Waals surface area contributed by atoms with Crippen LogP contribution < -0.4 is 9.62 Å². The van der Waals surface area contributed by atoms with Crippen molar-refractivity contribution in [2.75, 3.05) is 23.7 Å². The summed E-state index contributed by atoms with van der Waals surface area (Å²) in [7, 11) is -3.67. The van der Waals surface area contributed by atoms with Crippen molar-refractivity contribution in [2.45, 2.75) is 65.5 Å². The average molecular weight is 571 g/mol. The number of nitrogens with one attached hydrogen (secondary N) is 1. The number of hydrogen-bond donors (Lipinski definition) is 1. The molecule has 1 N–H and O–H groups in total. The fourth-order valence-corrected chi connectivity index (χ4v) is 5.38. The highest BCUT2D eigenvalue weighted by Crippen LogP contribution is 2.31. The van der Waals surface area contributed by atoms with Gasteiger partial charge >= 0.3 is 0 Å². The van der Waals surface area contributed by atoms with Crippen LogP contribution in [0.15, 0.2) is 42.5 Å². The van der Waals surface area contributed by atoms with Crippen LogP contribution in [0.4, 0.5) is 5.69 Å². The quantitative estimate of drug-likeness (QED) is 0.301. The molecule has 0 heterocycles. The number of carbonyl (C=O) groups excluding carboxylic acids is 2. The van der Waals surface area contributed by atoms with Crippen molar-refractivity contribution < 1.29 is 18.0 Å². The number of nitrogens with zero attached hydrogens (tertiary/aromatic N) is 2. The van der Waals surface area contributed by atoms with Gasteiger partial charge in [0.05, 0.1) is 17.0 Å². The van der Waals surface area contributed by atoms with Crippen molar-refractivity contribution >= 4 is 50.7 Å². The maximum Gasteiger partial charge on any atom is 0.242 e. The second kappa shape index (κ2) is 14.6. The van der Waals surface area contributed by atoms with Gasteiger partial charge < -0.3 is 10.2 Å². The van der Waals surface area contributed by atoms with E-state index in [4.69, 9.17) is 23.2 Å². The average Bonchev–Trinajstić information content (AvgIpc) is 2.84. The number of unbranched alkanes of at least 4 members (excludes halogenated alkanes) is 1. The second-order valence-corrected chi connectivity index (χ2v) is 11.9. The zero-order valence-corrected chi connectivity index (χ0v) is 24.3. The summed E-state index contributed by atoms with van der Waals surface area (Å²) < 4.78 is 26.2. The molecule has 1 atom stereocenters. The van der Waals surface area contributed by atoms with Gasteiger partial charge in [-0.25, -0.2) is 8.42 Å². The van der Waals surface area contributed by atoms with Gasteiger partial charge in [0.2, 0.25) is 21.8 Å². The number of benzene rings is 2. The van der Waals surface area contributed by atoms with E-state index in [1.807, 2.05) is 45.0 Å².